The van der Waals surface area contributed by atoms with Crippen LogP contribution in [0.1, 0.15) is 59.3 Å². The highest BCUT2D eigenvalue weighted by Crippen LogP contribution is 2.37. The highest BCUT2D eigenvalue weighted by atomic mass is 16.3. The van der Waals surface area contributed by atoms with Gasteiger partial charge in [-0.1, -0.05) is 20.8 Å². The zero-order valence-electron chi connectivity index (χ0n) is 12.5. The van der Waals surface area contributed by atoms with E-state index in [1.54, 1.807) is 0 Å². The van der Waals surface area contributed by atoms with Gasteiger partial charge in [-0.05, 0) is 57.0 Å². The van der Waals surface area contributed by atoms with Crippen molar-refractivity contribution in [3.63, 3.8) is 0 Å². The van der Waals surface area contributed by atoms with E-state index in [0.29, 0.717) is 12.0 Å². The minimum absolute atomic E-state index is 0.386. The molecule has 3 heteroatoms. The summed E-state index contributed by atoms with van der Waals surface area (Å²) in [5.41, 5.74) is 5.57. The Bertz CT molecular complexity index is 235. The molecule has 1 atom stereocenters. The van der Waals surface area contributed by atoms with Gasteiger partial charge in [0.15, 0.2) is 0 Å². The van der Waals surface area contributed by atoms with Crippen LogP contribution in [0.4, 0.5) is 0 Å². The lowest BCUT2D eigenvalue weighted by Gasteiger charge is -2.28. The molecule has 108 valence electrons. The van der Waals surface area contributed by atoms with Gasteiger partial charge in [0.2, 0.25) is 0 Å². The Morgan fingerprint density at radius 1 is 1.28 bits per heavy atom. The second kappa shape index (κ2) is 6.88. The van der Waals surface area contributed by atoms with Gasteiger partial charge < -0.3 is 15.7 Å². The van der Waals surface area contributed by atoms with Crippen LogP contribution >= 0.6 is 0 Å². The molecule has 1 unspecified atom stereocenters. The van der Waals surface area contributed by atoms with Gasteiger partial charge in [0.1, 0.15) is 0 Å². The fraction of sp³-hybridized carbons (Fsp3) is 1.00. The van der Waals surface area contributed by atoms with Crippen LogP contribution in [0.3, 0.4) is 0 Å². The Balaban J connectivity index is 2.30. The van der Waals surface area contributed by atoms with Crippen LogP contribution in [-0.4, -0.2) is 41.8 Å². The number of likely N-dealkylation sites (tertiary alicyclic amines) is 1. The molecule has 1 rings (SSSR count). The standard InChI is InChI=1S/C15H32N2O/c1-4-14(5-2)9-11-17(13-14)10-7-8-15(18,6-3)12-16/h18H,4-13,16H2,1-3H3. The molecule has 0 radical (unpaired) electrons. The molecule has 0 amide bonds. The fourth-order valence-electron chi connectivity index (χ4n) is 3.10. The van der Waals surface area contributed by atoms with Gasteiger partial charge in [-0.3, -0.25) is 0 Å². The number of hydrogen-bond donors (Lipinski definition) is 2. The third-order valence-electron chi connectivity index (χ3n) is 5.17. The maximum absolute atomic E-state index is 10.2. The van der Waals surface area contributed by atoms with Gasteiger partial charge in [0.25, 0.3) is 0 Å². The van der Waals surface area contributed by atoms with Crippen LogP contribution in [0.25, 0.3) is 0 Å². The van der Waals surface area contributed by atoms with E-state index >= 15 is 0 Å². The second-order valence-corrected chi connectivity index (χ2v) is 6.12. The number of hydrogen-bond acceptors (Lipinski definition) is 3. The summed E-state index contributed by atoms with van der Waals surface area (Å²) in [6.07, 6.45) is 6.59. The molecule has 1 aliphatic rings. The van der Waals surface area contributed by atoms with E-state index in [1.165, 1.54) is 32.4 Å². The van der Waals surface area contributed by atoms with Crippen LogP contribution < -0.4 is 5.73 Å². The predicted octanol–water partition coefficient (Wildman–Crippen LogP) is 2.38. The first-order valence-electron chi connectivity index (χ1n) is 7.68. The van der Waals surface area contributed by atoms with Gasteiger partial charge in [-0.2, -0.15) is 0 Å². The Labute approximate surface area is 113 Å². The van der Waals surface area contributed by atoms with Gasteiger partial charge in [0.05, 0.1) is 5.60 Å². The highest BCUT2D eigenvalue weighted by Gasteiger charge is 2.34. The van der Waals surface area contributed by atoms with E-state index in [2.05, 4.69) is 18.7 Å². The van der Waals surface area contributed by atoms with Gasteiger partial charge >= 0.3 is 0 Å². The molecular weight excluding hydrogens is 224 g/mol. The minimum atomic E-state index is -0.633. The topological polar surface area (TPSA) is 49.5 Å². The van der Waals surface area contributed by atoms with Crippen LogP contribution in [0, 0.1) is 5.41 Å². The lowest BCUT2D eigenvalue weighted by molar-refractivity contribution is 0.0319. The molecule has 0 bridgehead atoms. The molecule has 18 heavy (non-hydrogen) atoms. The van der Waals surface area contributed by atoms with Crippen molar-refractivity contribution in [1.29, 1.82) is 0 Å². The van der Waals surface area contributed by atoms with Crippen molar-refractivity contribution >= 4 is 0 Å². The summed E-state index contributed by atoms with van der Waals surface area (Å²) >= 11 is 0. The third-order valence-corrected chi connectivity index (χ3v) is 5.17. The van der Waals surface area contributed by atoms with E-state index in [0.717, 1.165) is 25.8 Å². The van der Waals surface area contributed by atoms with Gasteiger partial charge in [0, 0.05) is 13.1 Å². The molecular formula is C15H32N2O. The van der Waals surface area contributed by atoms with Crippen molar-refractivity contribution < 1.29 is 5.11 Å². The maximum atomic E-state index is 10.2. The van der Waals surface area contributed by atoms with E-state index in [1.807, 2.05) is 6.92 Å². The van der Waals surface area contributed by atoms with Crippen molar-refractivity contribution in [1.82, 2.24) is 4.90 Å². The zero-order valence-corrected chi connectivity index (χ0v) is 12.5. The first kappa shape index (κ1) is 15.9. The van der Waals surface area contributed by atoms with Gasteiger partial charge in [-0.15, -0.1) is 0 Å². The van der Waals surface area contributed by atoms with Crippen LogP contribution in [0.15, 0.2) is 0 Å². The lowest BCUT2D eigenvalue weighted by atomic mass is 9.82. The Kier molecular flexibility index (Phi) is 6.09. The second-order valence-electron chi connectivity index (χ2n) is 6.12. The van der Waals surface area contributed by atoms with Gasteiger partial charge in [-0.25, -0.2) is 0 Å². The summed E-state index contributed by atoms with van der Waals surface area (Å²) in [7, 11) is 0. The largest absolute Gasteiger partial charge is 0.389 e. The molecule has 3 N–H and O–H groups in total. The first-order valence-corrected chi connectivity index (χ1v) is 7.68. The van der Waals surface area contributed by atoms with Crippen LogP contribution in [-0.2, 0) is 0 Å². The molecule has 0 spiro atoms. The Morgan fingerprint density at radius 2 is 1.94 bits per heavy atom. The number of nitrogens with zero attached hydrogens (tertiary/aromatic N) is 1. The summed E-state index contributed by atoms with van der Waals surface area (Å²) in [6.45, 7) is 10.6. The summed E-state index contributed by atoms with van der Waals surface area (Å²) < 4.78 is 0. The van der Waals surface area contributed by atoms with Crippen molar-refractivity contribution in [2.45, 2.75) is 64.9 Å². The minimum Gasteiger partial charge on any atom is -0.389 e. The summed E-state index contributed by atoms with van der Waals surface area (Å²) in [4.78, 5) is 2.57. The lowest BCUT2D eigenvalue weighted by Crippen LogP contribution is -2.38. The van der Waals surface area contributed by atoms with Crippen molar-refractivity contribution in [2.24, 2.45) is 11.1 Å². The summed E-state index contributed by atoms with van der Waals surface area (Å²) in [6, 6.07) is 0. The van der Waals surface area contributed by atoms with Crippen LogP contribution in [0.5, 0.6) is 0 Å². The molecule has 1 heterocycles. The molecule has 1 aliphatic heterocycles. The molecule has 0 aromatic rings. The van der Waals surface area contributed by atoms with E-state index in [9.17, 15) is 5.11 Å². The fourth-order valence-corrected chi connectivity index (χ4v) is 3.10. The molecule has 0 aromatic heterocycles. The number of nitrogens with two attached hydrogens (primary N) is 1. The Hall–Kier alpha value is -0.120. The summed E-state index contributed by atoms with van der Waals surface area (Å²) in [5.74, 6) is 0. The SMILES string of the molecule is CCC(O)(CN)CCCN1CCC(CC)(CC)C1. The quantitative estimate of drug-likeness (QED) is 0.701. The average molecular weight is 256 g/mol. The molecule has 3 nitrogen and oxygen atoms in total. The van der Waals surface area contributed by atoms with E-state index < -0.39 is 5.60 Å². The third kappa shape index (κ3) is 3.94. The smallest absolute Gasteiger partial charge is 0.0767 e. The first-order chi connectivity index (χ1) is 8.53. The maximum Gasteiger partial charge on any atom is 0.0767 e. The van der Waals surface area contributed by atoms with E-state index in [4.69, 9.17) is 5.73 Å². The number of aliphatic hydroxyl groups is 1. The molecule has 0 aromatic carbocycles. The molecule has 0 saturated carbocycles. The number of rotatable bonds is 8. The predicted molar refractivity (Wildman–Crippen MR) is 77.6 cm³/mol. The normalized spacial score (nSPS) is 23.2. The zero-order chi connectivity index (χ0) is 13.6. The summed E-state index contributed by atoms with van der Waals surface area (Å²) in [5, 5.41) is 10.2. The average Bonchev–Trinajstić information content (AvgIpc) is 2.83. The highest BCUT2D eigenvalue weighted by molar-refractivity contribution is 4.88. The van der Waals surface area contributed by atoms with Crippen molar-refractivity contribution in [2.75, 3.05) is 26.2 Å². The van der Waals surface area contributed by atoms with Crippen molar-refractivity contribution in [3.05, 3.63) is 0 Å². The monoisotopic (exact) mass is 256 g/mol. The van der Waals surface area contributed by atoms with Crippen LogP contribution in [0.2, 0.25) is 0 Å². The molecule has 0 aliphatic carbocycles. The molecule has 1 fully saturated rings. The van der Waals surface area contributed by atoms with Crippen molar-refractivity contribution in [3.8, 4) is 0 Å². The molecule has 1 saturated heterocycles. The van der Waals surface area contributed by atoms with E-state index in [-0.39, 0.29) is 0 Å². The Morgan fingerprint density at radius 3 is 2.39 bits per heavy atom.